The molecule has 0 radical (unpaired) electrons. The molecule has 0 aliphatic carbocycles. The maximum absolute atomic E-state index is 6.67. The molecule has 0 amide bonds. The van der Waals surface area contributed by atoms with E-state index in [2.05, 4.69) is 158 Å². The minimum Gasteiger partial charge on any atom is -0.456 e. The highest BCUT2D eigenvalue weighted by Crippen LogP contribution is 2.40. The summed E-state index contributed by atoms with van der Waals surface area (Å²) in [6, 6.07) is 79.1. The number of hydrogen-bond acceptors (Lipinski definition) is 5. The fraction of sp³-hybridized carbons (Fsp3) is 0. The molecule has 0 unspecified atom stereocenters. The van der Waals surface area contributed by atoms with Gasteiger partial charge >= 0.3 is 0 Å². The maximum atomic E-state index is 6.67. The zero-order chi connectivity index (χ0) is 44.7. The van der Waals surface area contributed by atoms with E-state index in [1.54, 1.807) is 0 Å². The summed E-state index contributed by atoms with van der Waals surface area (Å²) in [6.07, 6.45) is 0. The molecular formula is C63H37N3O2. The van der Waals surface area contributed by atoms with Crippen LogP contribution >= 0.6 is 0 Å². The summed E-state index contributed by atoms with van der Waals surface area (Å²) in [6.45, 7) is 0. The number of para-hydroxylation sites is 1. The van der Waals surface area contributed by atoms with Crippen LogP contribution in [-0.4, -0.2) is 15.0 Å². The highest BCUT2D eigenvalue weighted by atomic mass is 16.3. The zero-order valence-electron chi connectivity index (χ0n) is 36.5. The van der Waals surface area contributed by atoms with Crippen LogP contribution in [0.15, 0.2) is 233 Å². The van der Waals surface area contributed by atoms with Crippen LogP contribution in [0.1, 0.15) is 0 Å². The SMILES string of the molecule is c1ccc(-c2nc(-c3ccc4c(c3)oc3cc(-c5cccc(-c6cccc(-c7ccc8c9ccccc9c9ccccc9c8c7)c6)c5)ccc34)nc(-c3ccc4oc5ccccc5c4c3)n2)cc1. The molecule has 0 fully saturated rings. The van der Waals surface area contributed by atoms with E-state index in [-0.39, 0.29) is 0 Å². The molecule has 0 atom stereocenters. The second-order valence-corrected chi connectivity index (χ2v) is 17.5. The molecule has 68 heavy (non-hydrogen) atoms. The number of benzene rings is 11. The Morgan fingerprint density at radius 3 is 1.16 bits per heavy atom. The van der Waals surface area contributed by atoms with Gasteiger partial charge in [-0.2, -0.15) is 0 Å². The van der Waals surface area contributed by atoms with Crippen molar-refractivity contribution in [1.82, 2.24) is 15.0 Å². The minimum atomic E-state index is 0.567. The lowest BCUT2D eigenvalue weighted by molar-refractivity contribution is 0.668. The van der Waals surface area contributed by atoms with Crippen LogP contribution in [0.25, 0.3) is 144 Å². The molecule has 0 aliphatic rings. The van der Waals surface area contributed by atoms with Gasteiger partial charge in [-0.25, -0.2) is 15.0 Å². The van der Waals surface area contributed by atoms with Gasteiger partial charge in [-0.3, -0.25) is 0 Å². The number of fused-ring (bicyclic) bond motifs is 12. The summed E-state index contributed by atoms with van der Waals surface area (Å²) < 4.78 is 12.8. The van der Waals surface area contributed by atoms with Crippen LogP contribution in [0.2, 0.25) is 0 Å². The van der Waals surface area contributed by atoms with Crippen LogP contribution in [0.4, 0.5) is 0 Å². The van der Waals surface area contributed by atoms with E-state index in [4.69, 9.17) is 23.8 Å². The van der Waals surface area contributed by atoms with Crippen molar-refractivity contribution < 1.29 is 8.83 Å². The number of rotatable bonds is 6. The second kappa shape index (κ2) is 15.2. The van der Waals surface area contributed by atoms with Gasteiger partial charge in [-0.1, -0.05) is 158 Å². The third kappa shape index (κ3) is 6.28. The quantitative estimate of drug-likeness (QED) is 0.156. The van der Waals surface area contributed by atoms with E-state index in [1.165, 1.54) is 43.4 Å². The van der Waals surface area contributed by atoms with Gasteiger partial charge in [0, 0.05) is 38.2 Å². The van der Waals surface area contributed by atoms with Crippen molar-refractivity contribution >= 4 is 76.2 Å². The van der Waals surface area contributed by atoms with Crippen molar-refractivity contribution in [3.8, 4) is 67.5 Å². The smallest absolute Gasteiger partial charge is 0.164 e. The third-order valence-corrected chi connectivity index (χ3v) is 13.5. The molecule has 14 rings (SSSR count). The molecule has 316 valence electrons. The molecule has 5 heteroatoms. The highest BCUT2D eigenvalue weighted by Gasteiger charge is 2.17. The third-order valence-electron chi connectivity index (χ3n) is 13.5. The van der Waals surface area contributed by atoms with E-state index >= 15 is 0 Å². The standard InChI is InChI=1S/C63H37N3O2/c1-2-12-38(13-3-1)61-64-62(45-27-31-58-56(35-45)52-22-8-9-23-57(52)67-58)66-63(65-61)46-26-30-54-53-29-25-44(36-59(53)68-60(54)37-46)42-17-11-15-40(33-42)39-14-10-16-41(32-39)43-24-28-51-49-20-5-4-18-47(49)48-19-6-7-21-50(48)55(51)34-43/h1-37H. The normalized spacial score (nSPS) is 11.8. The molecule has 0 bridgehead atoms. The van der Waals surface area contributed by atoms with Gasteiger partial charge in [0.2, 0.25) is 0 Å². The van der Waals surface area contributed by atoms with E-state index < -0.39 is 0 Å². The second-order valence-electron chi connectivity index (χ2n) is 17.5. The van der Waals surface area contributed by atoms with E-state index in [1.807, 2.05) is 66.7 Å². The first-order valence-electron chi connectivity index (χ1n) is 22.9. The summed E-state index contributed by atoms with van der Waals surface area (Å²) >= 11 is 0. The van der Waals surface area contributed by atoms with Crippen molar-refractivity contribution in [1.29, 1.82) is 0 Å². The van der Waals surface area contributed by atoms with Crippen molar-refractivity contribution in [3.63, 3.8) is 0 Å². The molecule has 3 aromatic heterocycles. The Hall–Kier alpha value is -9.19. The molecule has 3 heterocycles. The molecule has 0 N–H and O–H groups in total. The summed E-state index contributed by atoms with van der Waals surface area (Å²) in [5.74, 6) is 1.75. The van der Waals surface area contributed by atoms with Crippen LogP contribution in [0, 0.1) is 0 Å². The van der Waals surface area contributed by atoms with Gasteiger partial charge in [0.15, 0.2) is 17.5 Å². The van der Waals surface area contributed by atoms with E-state index in [9.17, 15) is 0 Å². The predicted octanol–water partition coefficient (Wildman–Crippen LogP) is 17.1. The van der Waals surface area contributed by atoms with Gasteiger partial charge < -0.3 is 8.83 Å². The average molecular weight is 868 g/mol. The monoisotopic (exact) mass is 867 g/mol. The van der Waals surface area contributed by atoms with Crippen LogP contribution in [0.5, 0.6) is 0 Å². The van der Waals surface area contributed by atoms with Crippen LogP contribution in [0.3, 0.4) is 0 Å². The Morgan fingerprint density at radius 1 is 0.191 bits per heavy atom. The molecule has 0 aliphatic heterocycles. The molecular weight excluding hydrogens is 831 g/mol. The number of aromatic nitrogens is 3. The van der Waals surface area contributed by atoms with E-state index in [0.717, 1.165) is 82.8 Å². The summed E-state index contributed by atoms with van der Waals surface area (Å²) in [4.78, 5) is 15.1. The van der Waals surface area contributed by atoms with Gasteiger partial charge in [-0.15, -0.1) is 0 Å². The Bertz CT molecular complexity index is 4300. The van der Waals surface area contributed by atoms with Crippen molar-refractivity contribution in [3.05, 3.63) is 224 Å². The molecule has 0 saturated carbocycles. The molecule has 11 aromatic carbocycles. The summed E-state index contributed by atoms with van der Waals surface area (Å²) in [5.41, 5.74) is 12.8. The van der Waals surface area contributed by atoms with Crippen molar-refractivity contribution in [2.45, 2.75) is 0 Å². The number of nitrogens with zero attached hydrogens (tertiary/aromatic N) is 3. The first-order valence-corrected chi connectivity index (χ1v) is 22.9. The molecule has 0 spiro atoms. The Kier molecular flexibility index (Phi) is 8.52. The molecule has 0 saturated heterocycles. The van der Waals surface area contributed by atoms with Crippen molar-refractivity contribution in [2.24, 2.45) is 0 Å². The van der Waals surface area contributed by atoms with E-state index in [0.29, 0.717) is 17.5 Å². The van der Waals surface area contributed by atoms with Gasteiger partial charge in [-0.05, 0) is 132 Å². The molecule has 14 aromatic rings. The Balaban J connectivity index is 0.807. The first-order chi connectivity index (χ1) is 33.6. The zero-order valence-corrected chi connectivity index (χ0v) is 36.5. The van der Waals surface area contributed by atoms with Crippen LogP contribution < -0.4 is 0 Å². The summed E-state index contributed by atoms with van der Waals surface area (Å²) in [7, 11) is 0. The highest BCUT2D eigenvalue weighted by molar-refractivity contribution is 6.25. The lowest BCUT2D eigenvalue weighted by Crippen LogP contribution is -2.00. The predicted molar refractivity (Wildman–Crippen MR) is 280 cm³/mol. The van der Waals surface area contributed by atoms with Crippen molar-refractivity contribution in [2.75, 3.05) is 0 Å². The van der Waals surface area contributed by atoms with Gasteiger partial charge in [0.1, 0.15) is 22.3 Å². The van der Waals surface area contributed by atoms with Gasteiger partial charge in [0.25, 0.3) is 0 Å². The average Bonchev–Trinajstić information content (AvgIpc) is 3.98. The molecule has 5 nitrogen and oxygen atoms in total. The first kappa shape index (κ1) is 38.1. The lowest BCUT2D eigenvalue weighted by Gasteiger charge is -2.13. The number of hydrogen-bond donors (Lipinski definition) is 0. The topological polar surface area (TPSA) is 65.0 Å². The Morgan fingerprint density at radius 2 is 0.544 bits per heavy atom. The van der Waals surface area contributed by atoms with Crippen LogP contribution in [-0.2, 0) is 0 Å². The summed E-state index contributed by atoms with van der Waals surface area (Å²) in [5, 5.41) is 11.8. The van der Waals surface area contributed by atoms with Gasteiger partial charge in [0.05, 0.1) is 0 Å². The maximum Gasteiger partial charge on any atom is 0.164 e. The fourth-order valence-electron chi connectivity index (χ4n) is 10.2. The fourth-order valence-corrected chi connectivity index (χ4v) is 10.2. The Labute approximate surface area is 390 Å². The minimum absolute atomic E-state index is 0.567. The number of furan rings is 2. The lowest BCUT2D eigenvalue weighted by atomic mass is 9.91. The largest absolute Gasteiger partial charge is 0.456 e.